The van der Waals surface area contributed by atoms with Crippen LogP contribution in [0.15, 0.2) is 42.5 Å². The Labute approximate surface area is 159 Å². The van der Waals surface area contributed by atoms with E-state index < -0.39 is 0 Å². The lowest BCUT2D eigenvalue weighted by Crippen LogP contribution is -2.26. The minimum Gasteiger partial charge on any atom is -0.496 e. The van der Waals surface area contributed by atoms with Gasteiger partial charge in [-0.1, -0.05) is 32.0 Å². The fourth-order valence-corrected chi connectivity index (χ4v) is 3.22. The summed E-state index contributed by atoms with van der Waals surface area (Å²) < 4.78 is 7.39. The van der Waals surface area contributed by atoms with Crippen LogP contribution in [0.4, 0.5) is 11.6 Å². The molecule has 2 aromatic carbocycles. The summed E-state index contributed by atoms with van der Waals surface area (Å²) >= 11 is 0. The van der Waals surface area contributed by atoms with E-state index in [1.165, 1.54) is 0 Å². The number of nitrogens with zero attached hydrogens (tertiary/aromatic N) is 5. The van der Waals surface area contributed by atoms with Gasteiger partial charge in [-0.2, -0.15) is 9.89 Å². The van der Waals surface area contributed by atoms with Gasteiger partial charge in [0.1, 0.15) is 5.75 Å². The van der Waals surface area contributed by atoms with Crippen molar-refractivity contribution in [2.45, 2.75) is 13.8 Å². The lowest BCUT2D eigenvalue weighted by atomic mass is 10.2. The quantitative estimate of drug-likeness (QED) is 0.594. The summed E-state index contributed by atoms with van der Waals surface area (Å²) in [7, 11) is 7.43. The molecule has 4 rings (SSSR count). The molecule has 2 heterocycles. The number of ether oxygens (including phenoxy) is 1. The molecule has 0 aliphatic heterocycles. The van der Waals surface area contributed by atoms with Crippen molar-refractivity contribution in [3.8, 4) is 5.75 Å². The third-order valence-corrected chi connectivity index (χ3v) is 4.44. The Morgan fingerprint density at radius 3 is 2.41 bits per heavy atom. The van der Waals surface area contributed by atoms with Crippen molar-refractivity contribution in [2.75, 3.05) is 31.5 Å². The molecule has 0 amide bonds. The number of fused-ring (bicyclic) bond motifs is 2. The van der Waals surface area contributed by atoms with Crippen LogP contribution in [-0.4, -0.2) is 40.9 Å². The van der Waals surface area contributed by atoms with E-state index in [9.17, 15) is 0 Å². The largest absolute Gasteiger partial charge is 0.496 e. The van der Waals surface area contributed by atoms with Crippen LogP contribution >= 0.6 is 0 Å². The van der Waals surface area contributed by atoms with Gasteiger partial charge in [-0.25, -0.2) is 5.01 Å². The topological polar surface area (TPSA) is 60.1 Å². The van der Waals surface area contributed by atoms with Crippen LogP contribution in [0.3, 0.4) is 0 Å². The number of aryl methyl sites for hydroxylation is 1. The molecule has 2 aromatic heterocycles. The molecule has 1 N–H and O–H groups in total. The van der Waals surface area contributed by atoms with Gasteiger partial charge < -0.3 is 10.1 Å². The number of methoxy groups -OCH3 is 1. The second kappa shape index (κ2) is 7.57. The number of nitrogens with one attached hydrogen (secondary N) is 1. The maximum absolute atomic E-state index is 5.51. The summed E-state index contributed by atoms with van der Waals surface area (Å²) in [5.41, 5.74) is 2.02. The predicted molar refractivity (Wildman–Crippen MR) is 112 cm³/mol. The average molecular weight is 366 g/mol. The molecule has 0 spiro atoms. The number of para-hydroxylation sites is 1. The molecule has 142 valence electrons. The molecule has 0 fully saturated rings. The van der Waals surface area contributed by atoms with Crippen LogP contribution in [0.2, 0.25) is 0 Å². The highest BCUT2D eigenvalue weighted by molar-refractivity contribution is 5.97. The smallest absolute Gasteiger partial charge is 0.178 e. The lowest BCUT2D eigenvalue weighted by Gasteiger charge is -2.17. The lowest BCUT2D eigenvalue weighted by molar-refractivity contribution is 0.420. The second-order valence-electron chi connectivity index (χ2n) is 5.83. The maximum Gasteiger partial charge on any atom is 0.178 e. The van der Waals surface area contributed by atoms with E-state index in [0.29, 0.717) is 0 Å². The third kappa shape index (κ3) is 2.95. The Hall–Kier alpha value is -3.22. The number of benzene rings is 2. The van der Waals surface area contributed by atoms with Crippen LogP contribution in [-0.2, 0) is 7.05 Å². The van der Waals surface area contributed by atoms with Crippen molar-refractivity contribution < 1.29 is 4.74 Å². The van der Waals surface area contributed by atoms with Crippen molar-refractivity contribution in [3.63, 3.8) is 0 Å². The average Bonchev–Trinajstić information content (AvgIpc) is 3.27. The van der Waals surface area contributed by atoms with Gasteiger partial charge in [0.15, 0.2) is 11.6 Å². The van der Waals surface area contributed by atoms with Crippen molar-refractivity contribution in [2.24, 2.45) is 7.05 Å². The van der Waals surface area contributed by atoms with Crippen LogP contribution < -0.4 is 15.1 Å². The van der Waals surface area contributed by atoms with Gasteiger partial charge in [-0.05, 0) is 24.3 Å². The SMILES string of the molecule is CC.CNc1nn(N(C)c2nn(C)c3ccccc23)c2cccc(OC)c12. The molecule has 4 aromatic rings. The van der Waals surface area contributed by atoms with E-state index in [-0.39, 0.29) is 0 Å². The van der Waals surface area contributed by atoms with Gasteiger partial charge >= 0.3 is 0 Å². The monoisotopic (exact) mass is 366 g/mol. The highest BCUT2D eigenvalue weighted by atomic mass is 16.5. The highest BCUT2D eigenvalue weighted by Crippen LogP contribution is 2.33. The van der Waals surface area contributed by atoms with E-state index in [0.717, 1.165) is 39.2 Å². The highest BCUT2D eigenvalue weighted by Gasteiger charge is 2.20. The summed E-state index contributed by atoms with van der Waals surface area (Å²) in [6.45, 7) is 4.00. The summed E-state index contributed by atoms with van der Waals surface area (Å²) in [6.07, 6.45) is 0. The van der Waals surface area contributed by atoms with E-state index in [1.807, 2.05) is 79.8 Å². The van der Waals surface area contributed by atoms with Crippen molar-refractivity contribution in [1.82, 2.24) is 19.7 Å². The minimum atomic E-state index is 0.763. The third-order valence-electron chi connectivity index (χ3n) is 4.44. The molecule has 0 saturated heterocycles. The molecular weight excluding hydrogens is 340 g/mol. The summed E-state index contributed by atoms with van der Waals surface area (Å²) in [4.78, 5) is 1.85. The Balaban J connectivity index is 0.00000102. The molecule has 27 heavy (non-hydrogen) atoms. The van der Waals surface area contributed by atoms with Crippen LogP contribution in [0.25, 0.3) is 21.8 Å². The number of rotatable bonds is 4. The van der Waals surface area contributed by atoms with Gasteiger partial charge in [-0.3, -0.25) is 4.68 Å². The van der Waals surface area contributed by atoms with Crippen LogP contribution in [0.1, 0.15) is 13.8 Å². The van der Waals surface area contributed by atoms with Gasteiger partial charge in [0, 0.05) is 26.5 Å². The summed E-state index contributed by atoms with van der Waals surface area (Å²) in [5.74, 6) is 2.39. The fraction of sp³-hybridized carbons (Fsp3) is 0.300. The molecule has 0 saturated carbocycles. The molecule has 0 aliphatic carbocycles. The van der Waals surface area contributed by atoms with Gasteiger partial charge in [0.25, 0.3) is 0 Å². The van der Waals surface area contributed by atoms with E-state index in [4.69, 9.17) is 9.84 Å². The van der Waals surface area contributed by atoms with E-state index in [1.54, 1.807) is 7.11 Å². The molecular formula is C20H26N6O. The van der Waals surface area contributed by atoms with Crippen LogP contribution in [0, 0.1) is 0 Å². The Kier molecular flexibility index (Phi) is 5.21. The zero-order valence-corrected chi connectivity index (χ0v) is 16.7. The Morgan fingerprint density at radius 1 is 1.00 bits per heavy atom. The molecule has 0 aliphatic rings. The fourth-order valence-electron chi connectivity index (χ4n) is 3.22. The number of hydrogen-bond acceptors (Lipinski definition) is 5. The molecule has 7 nitrogen and oxygen atoms in total. The first-order chi connectivity index (χ1) is 13.2. The summed E-state index contributed by atoms with van der Waals surface area (Å²) in [5, 5.41) is 16.5. The minimum absolute atomic E-state index is 0.763. The Bertz CT molecular complexity index is 1070. The normalized spacial score (nSPS) is 10.6. The van der Waals surface area contributed by atoms with Crippen molar-refractivity contribution in [3.05, 3.63) is 42.5 Å². The standard InChI is InChI=1S/C18H20N6O.C2H6/c1-19-17-16-14(10-7-11-15(16)25-4)24(20-17)23(3)18-12-8-5-6-9-13(12)22(2)21-18;1-2/h5-11H,1-4H3,(H,19,20);1-2H3. The van der Waals surface area contributed by atoms with Crippen LogP contribution in [0.5, 0.6) is 5.75 Å². The van der Waals surface area contributed by atoms with Crippen molar-refractivity contribution in [1.29, 1.82) is 0 Å². The van der Waals surface area contributed by atoms with E-state index in [2.05, 4.69) is 22.5 Å². The zero-order valence-electron chi connectivity index (χ0n) is 16.7. The zero-order chi connectivity index (χ0) is 19.6. The summed E-state index contributed by atoms with van der Waals surface area (Å²) in [6, 6.07) is 14.1. The first-order valence-electron chi connectivity index (χ1n) is 9.05. The van der Waals surface area contributed by atoms with Gasteiger partial charge in [0.2, 0.25) is 0 Å². The molecule has 0 atom stereocenters. The molecule has 0 radical (unpaired) electrons. The van der Waals surface area contributed by atoms with Gasteiger partial charge in [0.05, 0.1) is 23.5 Å². The number of anilines is 2. The van der Waals surface area contributed by atoms with Gasteiger partial charge in [-0.15, -0.1) is 5.10 Å². The first-order valence-corrected chi connectivity index (χ1v) is 9.05. The number of hydrogen-bond donors (Lipinski definition) is 1. The number of aromatic nitrogens is 4. The first kappa shape index (κ1) is 18.6. The molecule has 7 heteroatoms. The molecule has 0 unspecified atom stereocenters. The van der Waals surface area contributed by atoms with E-state index >= 15 is 0 Å². The maximum atomic E-state index is 5.51. The predicted octanol–water partition coefficient (Wildman–Crippen LogP) is 3.90. The molecule has 0 bridgehead atoms. The Morgan fingerprint density at radius 2 is 1.70 bits per heavy atom. The second-order valence-corrected chi connectivity index (χ2v) is 5.83. The van der Waals surface area contributed by atoms with Crippen molar-refractivity contribution >= 4 is 33.4 Å².